The topological polar surface area (TPSA) is 50.7 Å². The van der Waals surface area contributed by atoms with Crippen molar-refractivity contribution in [3.63, 3.8) is 0 Å². The molecule has 0 amide bonds. The molecule has 0 heterocycles. The molecule has 0 spiro atoms. The molecule has 1 rings (SSSR count). The SMILES string of the molecule is CC/C(=N\N=C(/N)[Se])c1cccc(C(F)(F)F)c1. The molecule has 0 fully saturated rings. The first-order valence-electron chi connectivity index (χ1n) is 5.09. The third kappa shape index (κ3) is 4.16. The summed E-state index contributed by atoms with van der Waals surface area (Å²) in [6, 6.07) is 4.96. The fourth-order valence-electron chi connectivity index (χ4n) is 1.32. The van der Waals surface area contributed by atoms with E-state index in [1.807, 2.05) is 0 Å². The minimum atomic E-state index is -4.37. The van der Waals surface area contributed by atoms with Gasteiger partial charge in [-0.1, -0.05) is 0 Å². The molecule has 0 aromatic heterocycles. The van der Waals surface area contributed by atoms with Crippen LogP contribution in [0.25, 0.3) is 0 Å². The van der Waals surface area contributed by atoms with Crippen molar-refractivity contribution in [1.82, 2.24) is 0 Å². The van der Waals surface area contributed by atoms with Crippen molar-refractivity contribution >= 4 is 26.5 Å². The van der Waals surface area contributed by atoms with Crippen LogP contribution in [0.15, 0.2) is 34.5 Å². The number of hydrogen-bond donors (Lipinski definition) is 1. The quantitative estimate of drug-likeness (QED) is 0.395. The van der Waals surface area contributed by atoms with Gasteiger partial charge in [-0.15, -0.1) is 0 Å². The van der Waals surface area contributed by atoms with Gasteiger partial charge in [-0.3, -0.25) is 0 Å². The predicted molar refractivity (Wildman–Crippen MR) is 65.6 cm³/mol. The number of nitrogens with zero attached hydrogens (tertiary/aromatic N) is 2. The van der Waals surface area contributed by atoms with Crippen LogP contribution < -0.4 is 5.73 Å². The first-order valence-corrected chi connectivity index (χ1v) is 5.95. The van der Waals surface area contributed by atoms with Gasteiger partial charge in [0.25, 0.3) is 0 Å². The Kier molecular flexibility index (Phi) is 4.93. The molecule has 1 aromatic carbocycles. The Balaban J connectivity index is 3.16. The third-order valence-electron chi connectivity index (χ3n) is 2.13. The molecule has 1 aromatic rings. The van der Waals surface area contributed by atoms with E-state index >= 15 is 0 Å². The second-order valence-corrected chi connectivity index (χ2v) is 4.29. The molecular weight excluding hydrogens is 310 g/mol. The molecule has 0 bridgehead atoms. The van der Waals surface area contributed by atoms with Gasteiger partial charge in [0, 0.05) is 0 Å². The molecule has 0 unspecified atom stereocenters. The number of nitrogens with two attached hydrogens (primary N) is 1. The first kappa shape index (κ1) is 14.7. The van der Waals surface area contributed by atoms with Gasteiger partial charge in [-0.05, 0) is 0 Å². The molecule has 0 saturated carbocycles. The van der Waals surface area contributed by atoms with Crippen molar-refractivity contribution in [3.05, 3.63) is 35.4 Å². The molecule has 1 radical (unpaired) electrons. The Morgan fingerprint density at radius 3 is 2.50 bits per heavy atom. The van der Waals surface area contributed by atoms with E-state index in [1.54, 1.807) is 13.0 Å². The second kappa shape index (κ2) is 6.02. The van der Waals surface area contributed by atoms with Crippen molar-refractivity contribution in [2.45, 2.75) is 19.5 Å². The number of amidine groups is 1. The van der Waals surface area contributed by atoms with E-state index in [9.17, 15) is 13.2 Å². The fraction of sp³-hybridized carbons (Fsp3) is 0.273. The van der Waals surface area contributed by atoms with Crippen LogP contribution in [-0.2, 0) is 6.18 Å². The van der Waals surface area contributed by atoms with Crippen molar-refractivity contribution in [2.24, 2.45) is 15.9 Å². The van der Waals surface area contributed by atoms with E-state index in [1.165, 1.54) is 6.07 Å². The van der Waals surface area contributed by atoms with Gasteiger partial charge in [-0.2, -0.15) is 0 Å². The summed E-state index contributed by atoms with van der Waals surface area (Å²) in [5, 5.41) is 7.43. The number of alkyl halides is 3. The van der Waals surface area contributed by atoms with E-state index in [-0.39, 0.29) is 4.73 Å². The van der Waals surface area contributed by atoms with Crippen LogP contribution in [0.4, 0.5) is 13.2 Å². The van der Waals surface area contributed by atoms with Crippen molar-refractivity contribution in [1.29, 1.82) is 0 Å². The Morgan fingerprint density at radius 1 is 1.33 bits per heavy atom. The van der Waals surface area contributed by atoms with Crippen LogP contribution in [0.5, 0.6) is 0 Å². The molecule has 0 atom stereocenters. The summed E-state index contributed by atoms with van der Waals surface area (Å²) in [5.74, 6) is 0. The first-order chi connectivity index (χ1) is 8.34. The molecule has 97 valence electrons. The van der Waals surface area contributed by atoms with E-state index < -0.39 is 11.7 Å². The Hall–Kier alpha value is -1.33. The van der Waals surface area contributed by atoms with Crippen molar-refractivity contribution in [3.8, 4) is 0 Å². The third-order valence-corrected chi connectivity index (χ3v) is 2.30. The van der Waals surface area contributed by atoms with Crippen LogP contribution in [0, 0.1) is 0 Å². The summed E-state index contributed by atoms with van der Waals surface area (Å²) < 4.78 is 37.8. The maximum atomic E-state index is 12.6. The van der Waals surface area contributed by atoms with Crippen LogP contribution >= 0.6 is 0 Å². The van der Waals surface area contributed by atoms with E-state index in [0.29, 0.717) is 17.7 Å². The number of hydrogen-bond acceptors (Lipinski definition) is 2. The molecule has 2 N–H and O–H groups in total. The van der Waals surface area contributed by atoms with Gasteiger partial charge in [0.05, 0.1) is 0 Å². The van der Waals surface area contributed by atoms with Crippen molar-refractivity contribution < 1.29 is 13.2 Å². The molecule has 3 nitrogen and oxygen atoms in total. The molecule has 0 aliphatic heterocycles. The van der Waals surface area contributed by atoms with E-state index in [2.05, 4.69) is 26.2 Å². The van der Waals surface area contributed by atoms with Gasteiger partial charge in [0.1, 0.15) is 0 Å². The van der Waals surface area contributed by atoms with Crippen LogP contribution in [0.2, 0.25) is 0 Å². The maximum absolute atomic E-state index is 12.6. The molecule has 18 heavy (non-hydrogen) atoms. The minimum absolute atomic E-state index is 0.132. The van der Waals surface area contributed by atoms with Gasteiger partial charge in [0.15, 0.2) is 0 Å². The molecular formula is C11H11F3N3Se. The molecule has 0 saturated heterocycles. The molecule has 0 aliphatic rings. The Bertz CT molecular complexity index is 477. The monoisotopic (exact) mass is 322 g/mol. The Morgan fingerprint density at radius 2 is 2.00 bits per heavy atom. The molecule has 0 aliphatic carbocycles. The van der Waals surface area contributed by atoms with Gasteiger partial charge >= 0.3 is 110 Å². The summed E-state index contributed by atoms with van der Waals surface area (Å²) in [6.07, 6.45) is -3.91. The number of rotatable bonds is 3. The zero-order valence-corrected chi connectivity index (χ0v) is 11.2. The summed E-state index contributed by atoms with van der Waals surface area (Å²) in [5.41, 5.74) is 5.40. The van der Waals surface area contributed by atoms with Crippen LogP contribution in [-0.4, -0.2) is 26.5 Å². The van der Waals surface area contributed by atoms with E-state index in [4.69, 9.17) is 5.73 Å². The second-order valence-electron chi connectivity index (χ2n) is 3.42. The summed E-state index contributed by atoms with van der Waals surface area (Å²) in [6.45, 7) is 1.78. The zero-order chi connectivity index (χ0) is 13.8. The van der Waals surface area contributed by atoms with Gasteiger partial charge in [0.2, 0.25) is 0 Å². The van der Waals surface area contributed by atoms with E-state index in [0.717, 1.165) is 12.1 Å². The normalized spacial score (nSPS) is 13.8. The fourth-order valence-corrected chi connectivity index (χ4v) is 1.40. The molecule has 7 heteroatoms. The van der Waals surface area contributed by atoms with Crippen molar-refractivity contribution in [2.75, 3.05) is 0 Å². The Labute approximate surface area is 111 Å². The number of benzene rings is 1. The van der Waals surface area contributed by atoms with Crippen LogP contribution in [0.1, 0.15) is 24.5 Å². The van der Waals surface area contributed by atoms with Gasteiger partial charge < -0.3 is 0 Å². The predicted octanol–water partition coefficient (Wildman–Crippen LogP) is 2.30. The van der Waals surface area contributed by atoms with Gasteiger partial charge in [-0.25, -0.2) is 0 Å². The summed E-state index contributed by atoms with van der Waals surface area (Å²) in [4.78, 5) is 0. The summed E-state index contributed by atoms with van der Waals surface area (Å²) >= 11 is 2.45. The zero-order valence-electron chi connectivity index (χ0n) is 9.53. The average Bonchev–Trinajstić information content (AvgIpc) is 2.29. The summed E-state index contributed by atoms with van der Waals surface area (Å²) in [7, 11) is 0. The standard InChI is InChI=1S/C11H11F3N3Se/c1-2-9(16-17-10(15)18)7-4-3-5-8(6-7)11(12,13)14/h3-6H,2H2,1H3,(H2,15,17)/b16-9+. The van der Waals surface area contributed by atoms with Crippen LogP contribution in [0.3, 0.4) is 0 Å². The average molecular weight is 321 g/mol. The number of halogens is 3.